The fourth-order valence-electron chi connectivity index (χ4n) is 12.9. The Kier molecular flexibility index (Phi) is 32.9. The number of aliphatic hydroxyl groups excluding tert-OH is 4. The third kappa shape index (κ3) is 22.3. The summed E-state index contributed by atoms with van der Waals surface area (Å²) in [5.41, 5.74) is 7.44. The van der Waals surface area contributed by atoms with Crippen molar-refractivity contribution >= 4 is 96.4 Å². The number of hydrogen-bond acceptors (Lipinski definition) is 30. The van der Waals surface area contributed by atoms with Crippen LogP contribution in [-0.2, 0) is 71.4 Å². The molecule has 19 atom stereocenters. The predicted octanol–water partition coefficient (Wildman–Crippen LogP) is 5.74. The number of alkyl carbamates (subject to hydrolysis) is 1. The van der Waals surface area contributed by atoms with E-state index in [1.165, 1.54) is 69.1 Å². The number of amides is 3. The number of nitrogens with one attached hydrogen (secondary N) is 3. The van der Waals surface area contributed by atoms with Crippen molar-refractivity contribution in [3.05, 3.63) is 79.6 Å². The molecule has 4 fully saturated rings. The Labute approximate surface area is 653 Å². The Hall–Kier alpha value is -6.31. The van der Waals surface area contributed by atoms with E-state index in [4.69, 9.17) is 76.3 Å². The van der Waals surface area contributed by atoms with Gasteiger partial charge in [-0.15, -0.1) is 0 Å². The van der Waals surface area contributed by atoms with E-state index in [2.05, 4.69) is 45.2 Å². The maximum atomic E-state index is 14.6. The molecule has 31 nitrogen and oxygen atoms in total. The Morgan fingerprint density at radius 3 is 2.22 bits per heavy atom. The van der Waals surface area contributed by atoms with Gasteiger partial charge in [0.25, 0.3) is 0 Å². The highest BCUT2D eigenvalue weighted by atomic mass is 127. The van der Waals surface area contributed by atoms with E-state index in [0.717, 1.165) is 24.4 Å². The van der Waals surface area contributed by atoms with Crippen LogP contribution in [-0.4, -0.2) is 252 Å². The molecule has 594 valence electrons. The van der Waals surface area contributed by atoms with E-state index in [0.29, 0.717) is 39.1 Å². The molecule has 2 bridgehead atoms. The minimum atomic E-state index is -1.63. The quantitative estimate of drug-likeness (QED) is 0.0111. The first-order valence-electron chi connectivity index (χ1n) is 34.9. The van der Waals surface area contributed by atoms with Crippen LogP contribution >= 0.6 is 55.9 Å². The number of carboxylic acid groups (broad SMARTS) is 1. The molecule has 6 aliphatic rings. The SMILES string of the molecule is CCN(C(C)=O)C1COC(OC2C(O[C@H]3C#C/C=C\C#CO[C@@H]4CC(=O)C(NC(=O)OC)=C3/C4=C\CSSC(C)(C)CC(=O)N/N=C(\C)c3ccc(OCCCC(=O)O)cc3)OC(C)C(NOC3CC(O)C(SC(=O)c4c(C)c(I)c(OC5OC(C)C(O)C(OC)C5O)c(OC)c4OC)C(C)O3)C2O)CC1OC. The fraction of sp³-hybridized carbons (Fsp3) is 0.603. The van der Waals surface area contributed by atoms with Crippen molar-refractivity contribution in [2.24, 2.45) is 5.10 Å². The summed E-state index contributed by atoms with van der Waals surface area (Å²) in [5.74, 6) is 7.58. The number of aliphatic carboxylic acids is 1. The van der Waals surface area contributed by atoms with E-state index in [1.54, 1.807) is 69.9 Å². The van der Waals surface area contributed by atoms with Gasteiger partial charge in [0.15, 0.2) is 36.2 Å². The number of benzene rings is 2. The summed E-state index contributed by atoms with van der Waals surface area (Å²) >= 11 is 2.79. The Morgan fingerprint density at radius 1 is 0.852 bits per heavy atom. The number of carboxylic acids is 1. The number of thioether (sulfide) groups is 1. The molecule has 2 aromatic rings. The Bertz CT molecular complexity index is 3760. The van der Waals surface area contributed by atoms with Crippen LogP contribution in [0.2, 0.25) is 0 Å². The van der Waals surface area contributed by atoms with Crippen molar-refractivity contribution in [3.8, 4) is 46.9 Å². The fourth-order valence-corrected chi connectivity index (χ4v) is 17.0. The number of halogens is 1. The van der Waals surface area contributed by atoms with Gasteiger partial charge in [-0.2, -0.15) is 10.6 Å². The van der Waals surface area contributed by atoms with Gasteiger partial charge in [0, 0.05) is 69.4 Å². The van der Waals surface area contributed by atoms with Gasteiger partial charge in [-0.3, -0.25) is 34.1 Å². The van der Waals surface area contributed by atoms with Crippen LogP contribution in [0.1, 0.15) is 115 Å². The van der Waals surface area contributed by atoms with Gasteiger partial charge in [0.1, 0.15) is 54.6 Å². The lowest BCUT2D eigenvalue weighted by Gasteiger charge is -2.47. The highest BCUT2D eigenvalue weighted by molar-refractivity contribution is 14.1. The Morgan fingerprint density at radius 2 is 1.56 bits per heavy atom. The zero-order chi connectivity index (χ0) is 78.8. The molecular formula is C73H96IN5O26S3. The van der Waals surface area contributed by atoms with Gasteiger partial charge >= 0.3 is 12.1 Å². The van der Waals surface area contributed by atoms with Crippen molar-refractivity contribution in [3.63, 3.8) is 0 Å². The first kappa shape index (κ1) is 87.3. The highest BCUT2D eigenvalue weighted by Crippen LogP contribution is 2.49. The van der Waals surface area contributed by atoms with Crippen LogP contribution in [0.4, 0.5) is 4.79 Å². The molecule has 17 unspecified atom stereocenters. The maximum Gasteiger partial charge on any atom is 0.411 e. The molecule has 5 heterocycles. The molecule has 4 saturated heterocycles. The van der Waals surface area contributed by atoms with E-state index in [9.17, 15) is 49.2 Å². The van der Waals surface area contributed by atoms with Crippen molar-refractivity contribution < 1.29 is 125 Å². The van der Waals surface area contributed by atoms with Gasteiger partial charge in [-0.05, 0) is 143 Å². The normalized spacial score (nSPS) is 30.0. The van der Waals surface area contributed by atoms with Crippen LogP contribution in [0.15, 0.2) is 64.4 Å². The molecule has 1 aliphatic carbocycles. The monoisotopic (exact) mass is 1680 g/mol. The lowest BCUT2D eigenvalue weighted by atomic mass is 9.84. The number of rotatable bonds is 31. The Balaban J connectivity index is 1.01. The standard InChI is InChI=1S/C73H96IN5O26S3/c1-15-79(41(7)80)45-35-98-53(33-50(45)91-10)103-66-61(87)58(78-105-54-32-47(82)68(40(6)99-54)107-69(89)55-36(2)57(74)64(67(94-13)63(55)92-11)104-70-62(88)65(93-12)60(86)39(5)101-70)38(4)100-71(66)102-48-21-18-16-17-19-28-97-49-31-46(81)59(75-72(90)95-14)56(48)44(49)27-30-106-108-73(8,9)34-51(83)77-76-37(3)42-23-25-43(26-24-42)96-29-20-22-52(84)85/h16-17,23-27,38-40,45,47-50,53-54,58,60-62,65-66,68,70-71,78,82,86-88H,15,20,22,29-35H2,1-14H3,(H,75,90)(H,77,83)(H,84,85)/b17-16-,44-27-,76-37+/t38?,39?,40?,45?,47?,48-,49+,50?,53?,54?,58?,60?,61?,62?,65?,66?,68?,70?,71?/m0/s1. The molecule has 35 heteroatoms. The van der Waals surface area contributed by atoms with Crippen LogP contribution in [0.25, 0.3) is 0 Å². The highest BCUT2D eigenvalue weighted by Gasteiger charge is 2.52. The summed E-state index contributed by atoms with van der Waals surface area (Å²) in [4.78, 5) is 87.3. The molecule has 108 heavy (non-hydrogen) atoms. The van der Waals surface area contributed by atoms with Gasteiger partial charge in [-0.1, -0.05) is 51.3 Å². The van der Waals surface area contributed by atoms with Crippen molar-refractivity contribution in [1.29, 1.82) is 0 Å². The summed E-state index contributed by atoms with van der Waals surface area (Å²) < 4.78 is 84.5. The van der Waals surface area contributed by atoms with Crippen LogP contribution in [0.3, 0.4) is 0 Å². The summed E-state index contributed by atoms with van der Waals surface area (Å²) in [6.07, 6.45) is -12.9. The van der Waals surface area contributed by atoms with Crippen molar-refractivity contribution in [2.45, 2.75) is 221 Å². The van der Waals surface area contributed by atoms with E-state index < -0.39 is 143 Å². The second-order valence-electron chi connectivity index (χ2n) is 26.5. The molecule has 8 N–H and O–H groups in total. The number of hydrazone groups is 1. The van der Waals surface area contributed by atoms with Gasteiger partial charge in [0.2, 0.25) is 29.0 Å². The number of nitrogens with zero attached hydrogens (tertiary/aromatic N) is 2. The molecule has 3 amide bonds. The first-order chi connectivity index (χ1) is 51.5. The lowest BCUT2D eigenvalue weighted by molar-refractivity contribution is -0.337. The lowest BCUT2D eigenvalue weighted by Crippen LogP contribution is -2.65. The van der Waals surface area contributed by atoms with Gasteiger partial charge in [-0.25, -0.2) is 10.2 Å². The number of hydrogen-bond donors (Lipinski definition) is 8. The number of ether oxygens (including phenoxy) is 14. The molecule has 2 aromatic carbocycles. The zero-order valence-electron chi connectivity index (χ0n) is 62.4. The number of allylic oxidation sites excluding steroid dienone is 3. The van der Waals surface area contributed by atoms with E-state index in [-0.39, 0.29) is 97.0 Å². The summed E-state index contributed by atoms with van der Waals surface area (Å²) in [5, 5.41) is 60.9. The first-order valence-corrected chi connectivity index (χ1v) is 39.2. The topological polar surface area (TPSA) is 394 Å². The minimum absolute atomic E-state index is 0.00143. The second kappa shape index (κ2) is 40.8. The average molecular weight is 1680 g/mol. The number of ketones is 1. The van der Waals surface area contributed by atoms with Crippen molar-refractivity contribution in [2.75, 3.05) is 61.1 Å². The molecular weight excluding hydrogens is 1590 g/mol. The van der Waals surface area contributed by atoms with Crippen LogP contribution in [0, 0.1) is 34.4 Å². The average Bonchev–Trinajstić information content (AvgIpc) is 1.10. The number of carbonyl (C=O) groups is 6. The maximum absolute atomic E-state index is 14.6. The van der Waals surface area contributed by atoms with E-state index >= 15 is 0 Å². The molecule has 8 rings (SSSR count). The number of hydroxylamine groups is 1. The zero-order valence-corrected chi connectivity index (χ0v) is 67.0. The molecule has 0 spiro atoms. The number of aliphatic hydroxyl groups is 4. The van der Waals surface area contributed by atoms with Gasteiger partial charge < -0.3 is 96.7 Å². The predicted molar refractivity (Wildman–Crippen MR) is 403 cm³/mol. The number of carbonyl (C=O) groups excluding carboxylic acids is 5. The van der Waals surface area contributed by atoms with E-state index in [1.807, 2.05) is 43.4 Å². The number of fused-ring (bicyclic) bond motifs is 2. The summed E-state index contributed by atoms with van der Waals surface area (Å²) in [6, 6.07) is 5.33. The number of Topliss-reactive ketones (excluding diaryl/α,β-unsaturated/α-hetero) is 1. The number of likely N-dealkylation sites (N-methyl/N-ethyl adjacent to an activating group) is 1. The summed E-state index contributed by atoms with van der Waals surface area (Å²) in [6.45, 7) is 15.9. The summed E-state index contributed by atoms with van der Waals surface area (Å²) in [7, 11) is 9.44. The van der Waals surface area contributed by atoms with Gasteiger partial charge in [0.05, 0.1) is 109 Å². The third-order valence-electron chi connectivity index (χ3n) is 18.5. The van der Waals surface area contributed by atoms with Crippen molar-refractivity contribution in [1.82, 2.24) is 21.1 Å². The smallest absolute Gasteiger partial charge is 0.411 e. The second-order valence-corrected chi connectivity index (χ2v) is 31.7. The molecule has 5 aliphatic heterocycles. The van der Waals surface area contributed by atoms with Crippen LogP contribution < -0.4 is 35.2 Å². The molecule has 0 radical (unpaired) electrons. The number of methoxy groups -OCH3 is 5. The minimum Gasteiger partial charge on any atom is -0.494 e. The van der Waals surface area contributed by atoms with Crippen LogP contribution in [0.5, 0.6) is 23.0 Å². The molecule has 0 saturated carbocycles. The molecule has 0 aromatic heterocycles. The largest absolute Gasteiger partial charge is 0.494 e. The third-order valence-corrected chi connectivity index (χ3v) is 24.3.